The van der Waals surface area contributed by atoms with E-state index in [9.17, 15) is 4.79 Å². The number of rotatable bonds is 3. The van der Waals surface area contributed by atoms with Gasteiger partial charge in [0.25, 0.3) is 0 Å². The van der Waals surface area contributed by atoms with Crippen LogP contribution in [0, 0.1) is 0 Å². The van der Waals surface area contributed by atoms with Crippen molar-refractivity contribution in [3.8, 4) is 0 Å². The standard InChI is InChI=1S/C12H20O3/c1-3-12(10(13)14-4-2)11(15-12)8-6-5-7-9-11/h3-9H2,1-2H3/t12-/m1/s1. The Morgan fingerprint density at radius 1 is 1.27 bits per heavy atom. The van der Waals surface area contributed by atoms with Gasteiger partial charge in [-0.3, -0.25) is 0 Å². The van der Waals surface area contributed by atoms with Gasteiger partial charge in [-0.15, -0.1) is 0 Å². The van der Waals surface area contributed by atoms with Gasteiger partial charge in [-0.05, 0) is 26.2 Å². The van der Waals surface area contributed by atoms with Crippen molar-refractivity contribution < 1.29 is 14.3 Å². The van der Waals surface area contributed by atoms with Gasteiger partial charge in [0, 0.05) is 0 Å². The molecular formula is C12H20O3. The number of epoxide rings is 1. The summed E-state index contributed by atoms with van der Waals surface area (Å²) in [6.45, 7) is 4.30. The first-order chi connectivity index (χ1) is 7.21. The Hall–Kier alpha value is -0.570. The van der Waals surface area contributed by atoms with E-state index in [1.165, 1.54) is 19.3 Å². The highest BCUT2D eigenvalue weighted by atomic mass is 16.7. The van der Waals surface area contributed by atoms with E-state index >= 15 is 0 Å². The first-order valence-corrected chi connectivity index (χ1v) is 6.08. The van der Waals surface area contributed by atoms with Gasteiger partial charge in [0.1, 0.15) is 5.60 Å². The van der Waals surface area contributed by atoms with Crippen LogP contribution in [-0.4, -0.2) is 23.8 Å². The summed E-state index contributed by atoms with van der Waals surface area (Å²) in [5.41, 5.74) is -0.754. The molecule has 1 aliphatic heterocycles. The van der Waals surface area contributed by atoms with Crippen molar-refractivity contribution in [2.24, 2.45) is 0 Å². The Labute approximate surface area is 91.1 Å². The Bertz CT molecular complexity index is 256. The van der Waals surface area contributed by atoms with Gasteiger partial charge in [0.15, 0.2) is 5.60 Å². The number of carbonyl (C=O) groups excluding carboxylic acids is 1. The van der Waals surface area contributed by atoms with Crippen molar-refractivity contribution in [2.75, 3.05) is 6.61 Å². The fourth-order valence-corrected chi connectivity index (χ4v) is 2.95. The van der Waals surface area contributed by atoms with Crippen LogP contribution in [0.15, 0.2) is 0 Å². The fourth-order valence-electron chi connectivity index (χ4n) is 2.95. The summed E-state index contributed by atoms with van der Waals surface area (Å²) >= 11 is 0. The molecule has 3 nitrogen and oxygen atoms in total. The highest BCUT2D eigenvalue weighted by molar-refractivity contribution is 5.85. The number of carbonyl (C=O) groups is 1. The average molecular weight is 212 g/mol. The lowest BCUT2D eigenvalue weighted by Gasteiger charge is -2.21. The van der Waals surface area contributed by atoms with Crippen LogP contribution >= 0.6 is 0 Å². The monoisotopic (exact) mass is 212 g/mol. The van der Waals surface area contributed by atoms with Gasteiger partial charge in [0.05, 0.1) is 6.61 Å². The molecule has 2 rings (SSSR count). The third kappa shape index (κ3) is 1.48. The topological polar surface area (TPSA) is 38.8 Å². The molecule has 1 spiro atoms. The molecule has 1 saturated heterocycles. The lowest BCUT2D eigenvalue weighted by Crippen LogP contribution is -2.36. The van der Waals surface area contributed by atoms with Crippen molar-refractivity contribution in [1.29, 1.82) is 0 Å². The Balaban J connectivity index is 2.09. The molecule has 2 fully saturated rings. The maximum atomic E-state index is 11.9. The minimum Gasteiger partial charge on any atom is -0.464 e. The molecule has 0 unspecified atom stereocenters. The molecule has 1 heterocycles. The molecule has 0 radical (unpaired) electrons. The SMILES string of the molecule is CCOC(=O)[C@@]1(CC)OC12CCCCC2. The van der Waals surface area contributed by atoms with Crippen LogP contribution in [0.5, 0.6) is 0 Å². The summed E-state index contributed by atoms with van der Waals surface area (Å²) in [5.74, 6) is -0.144. The van der Waals surface area contributed by atoms with E-state index < -0.39 is 5.60 Å². The first-order valence-electron chi connectivity index (χ1n) is 6.08. The molecule has 0 aromatic carbocycles. The highest BCUT2D eigenvalue weighted by Gasteiger charge is 2.73. The van der Waals surface area contributed by atoms with Gasteiger partial charge >= 0.3 is 5.97 Å². The van der Waals surface area contributed by atoms with E-state index in [4.69, 9.17) is 9.47 Å². The molecule has 0 bridgehead atoms. The second kappa shape index (κ2) is 3.78. The third-order valence-electron chi connectivity index (χ3n) is 3.83. The zero-order valence-electron chi connectivity index (χ0n) is 9.67. The average Bonchev–Trinajstić information content (AvgIpc) is 2.88. The molecule has 1 aliphatic carbocycles. The number of hydrogen-bond acceptors (Lipinski definition) is 3. The van der Waals surface area contributed by atoms with Gasteiger partial charge in [0.2, 0.25) is 0 Å². The maximum Gasteiger partial charge on any atom is 0.341 e. The normalized spacial score (nSPS) is 32.7. The van der Waals surface area contributed by atoms with Crippen LogP contribution in [0.1, 0.15) is 52.4 Å². The summed E-state index contributed by atoms with van der Waals surface area (Å²) in [6.07, 6.45) is 6.43. The lowest BCUT2D eigenvalue weighted by molar-refractivity contribution is -0.149. The van der Waals surface area contributed by atoms with Gasteiger partial charge in [-0.1, -0.05) is 26.2 Å². The molecule has 0 N–H and O–H groups in total. The molecule has 3 heteroatoms. The third-order valence-corrected chi connectivity index (χ3v) is 3.83. The van der Waals surface area contributed by atoms with Crippen molar-refractivity contribution in [2.45, 2.75) is 63.6 Å². The van der Waals surface area contributed by atoms with Crippen molar-refractivity contribution in [3.63, 3.8) is 0 Å². The number of hydrogen-bond donors (Lipinski definition) is 0. The smallest absolute Gasteiger partial charge is 0.341 e. The molecule has 0 aromatic heterocycles. The van der Waals surface area contributed by atoms with Crippen LogP contribution in [-0.2, 0) is 14.3 Å². The predicted octanol–water partition coefficient (Wildman–Crippen LogP) is 2.43. The van der Waals surface area contributed by atoms with E-state index in [2.05, 4.69) is 0 Å². The molecular weight excluding hydrogens is 192 g/mol. The zero-order chi connectivity index (χ0) is 10.9. The Kier molecular flexibility index (Phi) is 2.75. The highest BCUT2D eigenvalue weighted by Crippen LogP contribution is 2.58. The fraction of sp³-hybridized carbons (Fsp3) is 0.917. The summed E-state index contributed by atoms with van der Waals surface area (Å²) in [4.78, 5) is 11.9. The van der Waals surface area contributed by atoms with Crippen LogP contribution in [0.25, 0.3) is 0 Å². The van der Waals surface area contributed by atoms with Crippen LogP contribution < -0.4 is 0 Å². The van der Waals surface area contributed by atoms with Crippen molar-refractivity contribution >= 4 is 5.97 Å². The predicted molar refractivity (Wildman–Crippen MR) is 56.6 cm³/mol. The summed E-state index contributed by atoms with van der Waals surface area (Å²) < 4.78 is 10.9. The second-order valence-electron chi connectivity index (χ2n) is 4.56. The molecule has 1 atom stereocenters. The van der Waals surface area contributed by atoms with E-state index in [1.54, 1.807) is 0 Å². The van der Waals surface area contributed by atoms with E-state index in [0.29, 0.717) is 6.61 Å². The van der Waals surface area contributed by atoms with E-state index in [1.807, 2.05) is 13.8 Å². The Morgan fingerprint density at radius 2 is 1.93 bits per heavy atom. The number of esters is 1. The van der Waals surface area contributed by atoms with Gasteiger partial charge in [-0.25, -0.2) is 4.79 Å². The molecule has 86 valence electrons. The minimum absolute atomic E-state index is 0.144. The van der Waals surface area contributed by atoms with Crippen LogP contribution in [0.4, 0.5) is 0 Å². The van der Waals surface area contributed by atoms with Gasteiger partial charge in [-0.2, -0.15) is 0 Å². The molecule has 1 saturated carbocycles. The maximum absolute atomic E-state index is 11.9. The lowest BCUT2D eigenvalue weighted by atomic mass is 9.79. The summed E-state index contributed by atoms with van der Waals surface area (Å²) in [6, 6.07) is 0. The van der Waals surface area contributed by atoms with Crippen LogP contribution in [0.3, 0.4) is 0 Å². The molecule has 0 amide bonds. The van der Waals surface area contributed by atoms with Crippen molar-refractivity contribution in [1.82, 2.24) is 0 Å². The number of ether oxygens (including phenoxy) is 2. The summed E-state index contributed by atoms with van der Waals surface area (Å²) in [7, 11) is 0. The minimum atomic E-state index is -0.594. The molecule has 15 heavy (non-hydrogen) atoms. The quantitative estimate of drug-likeness (QED) is 0.532. The van der Waals surface area contributed by atoms with E-state index in [0.717, 1.165) is 19.3 Å². The van der Waals surface area contributed by atoms with Crippen molar-refractivity contribution in [3.05, 3.63) is 0 Å². The first kappa shape index (κ1) is 10.9. The van der Waals surface area contributed by atoms with E-state index in [-0.39, 0.29) is 11.6 Å². The second-order valence-corrected chi connectivity index (χ2v) is 4.56. The Morgan fingerprint density at radius 3 is 2.47 bits per heavy atom. The summed E-state index contributed by atoms with van der Waals surface area (Å²) in [5, 5.41) is 0. The largest absolute Gasteiger partial charge is 0.464 e. The molecule has 0 aromatic rings. The van der Waals surface area contributed by atoms with Crippen LogP contribution in [0.2, 0.25) is 0 Å². The van der Waals surface area contributed by atoms with Gasteiger partial charge < -0.3 is 9.47 Å². The molecule has 2 aliphatic rings. The zero-order valence-corrected chi connectivity index (χ0v) is 9.67.